The lowest BCUT2D eigenvalue weighted by Crippen LogP contribution is -2.19. The summed E-state index contributed by atoms with van der Waals surface area (Å²) in [6.07, 6.45) is 1.34. The Bertz CT molecular complexity index is 980. The van der Waals surface area contributed by atoms with Crippen LogP contribution in [0.5, 0.6) is 0 Å². The molecule has 1 amide bonds. The monoisotopic (exact) mass is 349 g/mol. The van der Waals surface area contributed by atoms with E-state index in [0.717, 1.165) is 5.56 Å². The molecule has 1 aromatic heterocycles. The third-order valence-corrected chi connectivity index (χ3v) is 3.74. The number of hydrazone groups is 1. The van der Waals surface area contributed by atoms with Gasteiger partial charge in [0.2, 0.25) is 0 Å². The molecule has 2 aromatic carbocycles. The van der Waals surface area contributed by atoms with E-state index in [1.165, 1.54) is 18.3 Å². The molecule has 0 bridgehead atoms. The minimum atomic E-state index is -0.491. The summed E-state index contributed by atoms with van der Waals surface area (Å²) in [5, 5.41) is 21.5. The number of nitrogens with zero attached hydrogens (tertiary/aromatic N) is 3. The zero-order valence-corrected chi connectivity index (χ0v) is 13.8. The third-order valence-electron chi connectivity index (χ3n) is 3.74. The largest absolute Gasteiger partial charge is 0.289 e. The molecule has 0 radical (unpaired) electrons. The second-order valence-corrected chi connectivity index (χ2v) is 5.49. The van der Waals surface area contributed by atoms with Gasteiger partial charge in [-0.1, -0.05) is 42.5 Å². The Morgan fingerprint density at radius 2 is 2.00 bits per heavy atom. The summed E-state index contributed by atoms with van der Waals surface area (Å²) in [5.74, 6) is -0.445. The van der Waals surface area contributed by atoms with Crippen molar-refractivity contribution in [1.29, 1.82) is 0 Å². The molecular formula is C18H15N5O3. The average Bonchev–Trinajstić information content (AvgIpc) is 3.04. The maximum Gasteiger partial charge on any atom is 0.289 e. The van der Waals surface area contributed by atoms with Gasteiger partial charge in [0, 0.05) is 28.8 Å². The molecule has 26 heavy (non-hydrogen) atoms. The quantitative estimate of drug-likeness (QED) is 0.418. The zero-order valence-electron chi connectivity index (χ0n) is 13.8. The Morgan fingerprint density at radius 3 is 2.73 bits per heavy atom. The summed E-state index contributed by atoms with van der Waals surface area (Å²) in [7, 11) is 0. The van der Waals surface area contributed by atoms with E-state index in [4.69, 9.17) is 0 Å². The number of carbonyl (C=O) groups excluding carboxylic acids is 1. The summed E-state index contributed by atoms with van der Waals surface area (Å²) < 4.78 is 0. The van der Waals surface area contributed by atoms with Crippen LogP contribution in [0.2, 0.25) is 0 Å². The lowest BCUT2D eigenvalue weighted by Gasteiger charge is -2.00. The van der Waals surface area contributed by atoms with E-state index in [1.54, 1.807) is 19.1 Å². The number of rotatable bonds is 5. The first kappa shape index (κ1) is 17.0. The van der Waals surface area contributed by atoms with Gasteiger partial charge >= 0.3 is 0 Å². The smallest absolute Gasteiger partial charge is 0.272 e. The fraction of sp³-hybridized carbons (Fsp3) is 0.0556. The number of amides is 1. The van der Waals surface area contributed by atoms with Crippen molar-refractivity contribution in [3.05, 3.63) is 81.5 Å². The minimum absolute atomic E-state index is 0.0443. The number of aromatic nitrogens is 2. The first-order chi connectivity index (χ1) is 12.6. The number of nitro groups is 1. The number of hydrogen-bond donors (Lipinski definition) is 2. The van der Waals surface area contributed by atoms with Crippen LogP contribution in [0.1, 0.15) is 21.6 Å². The number of nitrogens with one attached hydrogen (secondary N) is 2. The van der Waals surface area contributed by atoms with Gasteiger partial charge in [-0.15, -0.1) is 0 Å². The fourth-order valence-corrected chi connectivity index (χ4v) is 2.44. The van der Waals surface area contributed by atoms with Crippen molar-refractivity contribution in [3.63, 3.8) is 0 Å². The SMILES string of the molecule is Cc1c(-c2ccccc2)n[nH]c1C(=O)NN=Cc1cccc([N+](=O)[O-])c1. The number of carbonyl (C=O) groups is 1. The summed E-state index contributed by atoms with van der Waals surface area (Å²) in [6.45, 7) is 1.80. The molecule has 2 N–H and O–H groups in total. The van der Waals surface area contributed by atoms with Gasteiger partial charge < -0.3 is 0 Å². The van der Waals surface area contributed by atoms with E-state index >= 15 is 0 Å². The molecule has 0 aliphatic carbocycles. The number of non-ortho nitro benzene ring substituents is 1. The van der Waals surface area contributed by atoms with Gasteiger partial charge in [0.1, 0.15) is 5.69 Å². The highest BCUT2D eigenvalue weighted by Crippen LogP contribution is 2.22. The van der Waals surface area contributed by atoms with E-state index in [0.29, 0.717) is 22.5 Å². The van der Waals surface area contributed by atoms with Crippen molar-refractivity contribution in [2.24, 2.45) is 5.10 Å². The Hall–Kier alpha value is -3.81. The molecule has 0 aliphatic heterocycles. The van der Waals surface area contributed by atoms with E-state index < -0.39 is 10.8 Å². The van der Waals surface area contributed by atoms with Gasteiger partial charge in [0.25, 0.3) is 11.6 Å². The molecule has 0 aliphatic rings. The lowest BCUT2D eigenvalue weighted by molar-refractivity contribution is -0.384. The van der Waals surface area contributed by atoms with Crippen molar-refractivity contribution in [3.8, 4) is 11.3 Å². The van der Waals surface area contributed by atoms with Gasteiger partial charge in [-0.3, -0.25) is 20.0 Å². The number of nitro benzene ring substituents is 1. The van der Waals surface area contributed by atoms with E-state index in [1.807, 2.05) is 30.3 Å². The second-order valence-electron chi connectivity index (χ2n) is 5.49. The van der Waals surface area contributed by atoms with Gasteiger partial charge in [-0.05, 0) is 6.92 Å². The lowest BCUT2D eigenvalue weighted by atomic mass is 10.1. The number of hydrogen-bond acceptors (Lipinski definition) is 5. The molecular weight excluding hydrogens is 334 g/mol. The second kappa shape index (κ2) is 7.39. The topological polar surface area (TPSA) is 113 Å². The molecule has 0 spiro atoms. The van der Waals surface area contributed by atoms with Crippen LogP contribution >= 0.6 is 0 Å². The summed E-state index contributed by atoms with van der Waals surface area (Å²) in [6, 6.07) is 15.5. The highest BCUT2D eigenvalue weighted by molar-refractivity contribution is 5.96. The van der Waals surface area contributed by atoms with Crippen LogP contribution in [0.25, 0.3) is 11.3 Å². The van der Waals surface area contributed by atoms with Gasteiger partial charge in [-0.2, -0.15) is 10.2 Å². The molecule has 3 rings (SSSR count). The van der Waals surface area contributed by atoms with Crippen molar-refractivity contribution in [1.82, 2.24) is 15.6 Å². The van der Waals surface area contributed by atoms with Crippen molar-refractivity contribution in [2.75, 3.05) is 0 Å². The van der Waals surface area contributed by atoms with Crippen LogP contribution in [-0.4, -0.2) is 27.2 Å². The first-order valence-corrected chi connectivity index (χ1v) is 7.74. The summed E-state index contributed by atoms with van der Waals surface area (Å²) in [4.78, 5) is 22.5. The Kier molecular flexibility index (Phi) is 4.84. The Labute approximate surface area is 148 Å². The highest BCUT2D eigenvalue weighted by atomic mass is 16.6. The number of aromatic amines is 1. The predicted molar refractivity (Wildman–Crippen MR) is 96.9 cm³/mol. The Morgan fingerprint density at radius 1 is 1.23 bits per heavy atom. The molecule has 1 heterocycles. The fourth-order valence-electron chi connectivity index (χ4n) is 2.44. The van der Waals surface area contributed by atoms with Crippen molar-refractivity contribution >= 4 is 17.8 Å². The average molecular weight is 349 g/mol. The number of benzene rings is 2. The van der Waals surface area contributed by atoms with Crippen LogP contribution in [0.4, 0.5) is 5.69 Å². The maximum absolute atomic E-state index is 12.3. The van der Waals surface area contributed by atoms with Crippen LogP contribution in [0, 0.1) is 17.0 Å². The van der Waals surface area contributed by atoms with Crippen LogP contribution in [0.3, 0.4) is 0 Å². The van der Waals surface area contributed by atoms with E-state index in [2.05, 4.69) is 20.7 Å². The molecule has 8 nitrogen and oxygen atoms in total. The van der Waals surface area contributed by atoms with Crippen LogP contribution in [-0.2, 0) is 0 Å². The summed E-state index contributed by atoms with van der Waals surface area (Å²) >= 11 is 0. The van der Waals surface area contributed by atoms with Crippen LogP contribution < -0.4 is 5.43 Å². The Balaban J connectivity index is 1.72. The molecule has 0 saturated carbocycles. The molecule has 3 aromatic rings. The van der Waals surface area contributed by atoms with Gasteiger partial charge in [0.05, 0.1) is 16.8 Å². The minimum Gasteiger partial charge on any atom is -0.272 e. The zero-order chi connectivity index (χ0) is 18.5. The van der Waals surface area contributed by atoms with Gasteiger partial charge in [-0.25, -0.2) is 5.43 Å². The predicted octanol–water partition coefficient (Wildman–Crippen LogP) is 3.06. The molecule has 0 unspecified atom stereocenters. The molecule has 0 fully saturated rings. The normalized spacial score (nSPS) is 10.8. The summed E-state index contributed by atoms with van der Waals surface area (Å²) in [5.41, 5.74) is 5.46. The first-order valence-electron chi connectivity index (χ1n) is 7.74. The molecule has 130 valence electrons. The molecule has 0 saturated heterocycles. The molecule has 8 heteroatoms. The van der Waals surface area contributed by atoms with Gasteiger partial charge in [0.15, 0.2) is 0 Å². The van der Waals surface area contributed by atoms with Crippen LogP contribution in [0.15, 0.2) is 59.7 Å². The highest BCUT2D eigenvalue weighted by Gasteiger charge is 2.16. The number of H-pyrrole nitrogens is 1. The van der Waals surface area contributed by atoms with Crippen molar-refractivity contribution in [2.45, 2.75) is 6.92 Å². The standard InChI is InChI=1S/C18H15N5O3/c1-12-16(14-7-3-2-4-8-14)20-21-17(12)18(24)22-19-11-13-6-5-9-15(10-13)23(25)26/h2-11H,1H3,(H,20,21)(H,22,24). The molecule has 0 atom stereocenters. The van der Waals surface area contributed by atoms with E-state index in [9.17, 15) is 14.9 Å². The third kappa shape index (κ3) is 3.64. The maximum atomic E-state index is 12.3. The van der Waals surface area contributed by atoms with Crippen molar-refractivity contribution < 1.29 is 9.72 Å². The van der Waals surface area contributed by atoms with E-state index in [-0.39, 0.29) is 5.69 Å².